The molecule has 0 aliphatic carbocycles. The van der Waals surface area contributed by atoms with Gasteiger partial charge in [0, 0.05) is 36.5 Å². The number of nitrogens with zero attached hydrogens (tertiary/aromatic N) is 3. The van der Waals surface area contributed by atoms with E-state index in [2.05, 4.69) is 0 Å². The molecule has 7 nitrogen and oxygen atoms in total. The van der Waals surface area contributed by atoms with E-state index in [4.69, 9.17) is 0 Å². The minimum atomic E-state index is -0.479. The van der Waals surface area contributed by atoms with Crippen LogP contribution in [0.1, 0.15) is 28.8 Å². The van der Waals surface area contributed by atoms with Crippen molar-refractivity contribution in [1.29, 1.82) is 0 Å². The van der Waals surface area contributed by atoms with Crippen LogP contribution in [0.3, 0.4) is 0 Å². The lowest BCUT2D eigenvalue weighted by atomic mass is 10.00. The quantitative estimate of drug-likeness (QED) is 0.569. The van der Waals surface area contributed by atoms with Gasteiger partial charge in [-0.3, -0.25) is 24.6 Å². The fourth-order valence-corrected chi connectivity index (χ4v) is 5.36. The van der Waals surface area contributed by atoms with E-state index in [0.717, 1.165) is 11.3 Å². The molecule has 0 N–H and O–H groups in total. The van der Waals surface area contributed by atoms with Crippen molar-refractivity contribution in [3.63, 3.8) is 0 Å². The summed E-state index contributed by atoms with van der Waals surface area (Å²) in [7, 11) is 0. The number of likely N-dealkylation sites (tertiary alicyclic amines) is 1. The third-order valence-corrected chi connectivity index (χ3v) is 7.06. The molecule has 0 saturated carbocycles. The highest BCUT2D eigenvalue weighted by molar-refractivity contribution is 8.02. The number of nitro groups is 1. The van der Waals surface area contributed by atoms with Gasteiger partial charge in [-0.25, -0.2) is 0 Å². The number of aryl methyl sites for hydroxylation is 1. The minimum absolute atomic E-state index is 0.0335. The van der Waals surface area contributed by atoms with Crippen molar-refractivity contribution in [3.05, 3.63) is 69.8 Å². The number of carbonyl (C=O) groups excluding carboxylic acids is 2. The molecule has 0 bridgehead atoms. The fraction of sp³-hybridized carbons (Fsp3) is 0.333. The van der Waals surface area contributed by atoms with Crippen LogP contribution in [0.4, 0.5) is 11.4 Å². The molecule has 2 amide bonds. The number of non-ortho nitro benzene ring substituents is 1. The maximum Gasteiger partial charge on any atom is 0.269 e. The first-order valence-electron chi connectivity index (χ1n) is 9.47. The van der Waals surface area contributed by atoms with Crippen LogP contribution >= 0.6 is 11.8 Å². The highest BCUT2D eigenvalue weighted by Crippen LogP contribution is 2.47. The zero-order valence-corrected chi connectivity index (χ0v) is 16.9. The van der Waals surface area contributed by atoms with Crippen LogP contribution in [0.5, 0.6) is 0 Å². The number of amides is 2. The van der Waals surface area contributed by atoms with Crippen LogP contribution in [-0.4, -0.2) is 45.4 Å². The molecule has 2 aliphatic rings. The molecule has 1 spiro atoms. The molecule has 150 valence electrons. The Morgan fingerprint density at radius 3 is 2.45 bits per heavy atom. The van der Waals surface area contributed by atoms with Gasteiger partial charge in [0.05, 0.1) is 15.5 Å². The van der Waals surface area contributed by atoms with E-state index >= 15 is 0 Å². The molecule has 2 saturated heterocycles. The third kappa shape index (κ3) is 3.60. The minimum Gasteiger partial charge on any atom is -0.338 e. The molecule has 29 heavy (non-hydrogen) atoms. The van der Waals surface area contributed by atoms with Crippen LogP contribution < -0.4 is 4.90 Å². The Bertz CT molecular complexity index is 968. The Morgan fingerprint density at radius 2 is 1.83 bits per heavy atom. The predicted molar refractivity (Wildman–Crippen MR) is 112 cm³/mol. The van der Waals surface area contributed by atoms with Crippen LogP contribution in [-0.2, 0) is 4.79 Å². The van der Waals surface area contributed by atoms with Gasteiger partial charge >= 0.3 is 0 Å². The number of benzene rings is 2. The number of hydrogen-bond acceptors (Lipinski definition) is 5. The molecular weight excluding hydrogens is 390 g/mol. The second-order valence-electron chi connectivity index (χ2n) is 7.40. The van der Waals surface area contributed by atoms with Crippen molar-refractivity contribution in [2.24, 2.45) is 0 Å². The summed E-state index contributed by atoms with van der Waals surface area (Å²) < 4.78 is 0. The number of anilines is 1. The fourth-order valence-electron chi connectivity index (χ4n) is 4.03. The van der Waals surface area contributed by atoms with Gasteiger partial charge in [0.1, 0.15) is 0 Å². The number of piperidine rings is 1. The molecule has 2 heterocycles. The number of nitro benzene ring substituents is 1. The Balaban J connectivity index is 1.50. The van der Waals surface area contributed by atoms with Crippen molar-refractivity contribution in [2.45, 2.75) is 24.6 Å². The van der Waals surface area contributed by atoms with Gasteiger partial charge < -0.3 is 4.90 Å². The van der Waals surface area contributed by atoms with Gasteiger partial charge in [0.15, 0.2) is 0 Å². The van der Waals surface area contributed by atoms with E-state index in [9.17, 15) is 19.7 Å². The average Bonchev–Trinajstić information content (AvgIpc) is 3.03. The Labute approximate surface area is 172 Å². The second kappa shape index (κ2) is 7.51. The molecular formula is C21H21N3O4S. The topological polar surface area (TPSA) is 83.8 Å². The summed E-state index contributed by atoms with van der Waals surface area (Å²) in [4.78, 5) is 39.1. The number of carbonyl (C=O) groups is 2. The van der Waals surface area contributed by atoms with Gasteiger partial charge in [0.25, 0.3) is 11.6 Å². The lowest BCUT2D eigenvalue weighted by molar-refractivity contribution is -0.384. The van der Waals surface area contributed by atoms with E-state index < -0.39 is 4.92 Å². The van der Waals surface area contributed by atoms with Gasteiger partial charge in [-0.2, -0.15) is 0 Å². The van der Waals surface area contributed by atoms with Crippen LogP contribution in [0.25, 0.3) is 0 Å². The van der Waals surface area contributed by atoms with E-state index in [1.807, 2.05) is 36.1 Å². The molecule has 2 fully saturated rings. The molecule has 8 heteroatoms. The van der Waals surface area contributed by atoms with Gasteiger partial charge in [0.2, 0.25) is 5.91 Å². The number of hydrogen-bond donors (Lipinski definition) is 0. The molecule has 4 rings (SSSR count). The number of rotatable bonds is 3. The summed E-state index contributed by atoms with van der Waals surface area (Å²) in [5.74, 6) is 0.423. The molecule has 0 unspecified atom stereocenters. The van der Waals surface area contributed by atoms with E-state index in [0.29, 0.717) is 37.2 Å². The Hall–Kier alpha value is -2.87. The van der Waals surface area contributed by atoms with Gasteiger partial charge in [-0.15, -0.1) is 11.8 Å². The maximum absolute atomic E-state index is 12.8. The van der Waals surface area contributed by atoms with Crippen molar-refractivity contribution >= 4 is 35.0 Å². The summed E-state index contributed by atoms with van der Waals surface area (Å²) in [6.07, 6.45) is 1.38. The predicted octanol–water partition coefficient (Wildman–Crippen LogP) is 3.62. The second-order valence-corrected chi connectivity index (χ2v) is 8.74. The van der Waals surface area contributed by atoms with Gasteiger partial charge in [-0.05, 0) is 49.6 Å². The molecule has 0 aromatic heterocycles. The van der Waals surface area contributed by atoms with Crippen molar-refractivity contribution in [3.8, 4) is 0 Å². The number of thioether (sulfide) groups is 1. The normalized spacial score (nSPS) is 18.3. The van der Waals surface area contributed by atoms with Crippen LogP contribution in [0.2, 0.25) is 0 Å². The smallest absolute Gasteiger partial charge is 0.269 e. The zero-order chi connectivity index (χ0) is 20.6. The summed E-state index contributed by atoms with van der Waals surface area (Å²) in [6, 6.07) is 13.7. The van der Waals surface area contributed by atoms with Crippen molar-refractivity contribution in [2.75, 3.05) is 23.7 Å². The van der Waals surface area contributed by atoms with Crippen molar-refractivity contribution in [1.82, 2.24) is 4.90 Å². The SMILES string of the molecule is Cc1cccc(N2C(=O)CSC23CCN(C(=O)c2ccc([N+](=O)[O-])cc2)CC3)c1. The summed E-state index contributed by atoms with van der Waals surface area (Å²) in [5.41, 5.74) is 2.43. The van der Waals surface area contributed by atoms with Crippen LogP contribution in [0, 0.1) is 17.0 Å². The molecule has 0 atom stereocenters. The zero-order valence-electron chi connectivity index (χ0n) is 16.0. The largest absolute Gasteiger partial charge is 0.338 e. The molecule has 2 aliphatic heterocycles. The highest BCUT2D eigenvalue weighted by atomic mass is 32.2. The Morgan fingerprint density at radius 1 is 1.14 bits per heavy atom. The average molecular weight is 411 g/mol. The standard InChI is InChI=1S/C21H21N3O4S/c1-15-3-2-4-18(13-15)23-19(25)14-29-21(23)9-11-22(12-10-21)20(26)16-5-7-17(8-6-16)24(27)28/h2-8,13H,9-12,14H2,1H3. The van der Waals surface area contributed by atoms with E-state index in [1.54, 1.807) is 16.7 Å². The first kappa shape index (κ1) is 19.4. The lowest BCUT2D eigenvalue weighted by Gasteiger charge is -2.44. The molecule has 2 aromatic rings. The summed E-state index contributed by atoms with van der Waals surface area (Å²) in [6.45, 7) is 3.09. The van der Waals surface area contributed by atoms with E-state index in [1.165, 1.54) is 24.3 Å². The Kier molecular flexibility index (Phi) is 5.04. The van der Waals surface area contributed by atoms with Crippen molar-refractivity contribution < 1.29 is 14.5 Å². The first-order valence-corrected chi connectivity index (χ1v) is 10.5. The molecule has 0 radical (unpaired) electrons. The van der Waals surface area contributed by atoms with Gasteiger partial charge in [-0.1, -0.05) is 12.1 Å². The monoisotopic (exact) mass is 411 g/mol. The first-order chi connectivity index (χ1) is 13.9. The summed E-state index contributed by atoms with van der Waals surface area (Å²) >= 11 is 1.66. The van der Waals surface area contributed by atoms with E-state index in [-0.39, 0.29) is 22.4 Å². The third-order valence-electron chi connectivity index (χ3n) is 5.54. The highest BCUT2D eigenvalue weighted by Gasteiger charge is 2.49. The molecule has 2 aromatic carbocycles. The maximum atomic E-state index is 12.8. The summed E-state index contributed by atoms with van der Waals surface area (Å²) in [5, 5.41) is 10.8. The lowest BCUT2D eigenvalue weighted by Crippen LogP contribution is -2.53. The van der Waals surface area contributed by atoms with Crippen LogP contribution in [0.15, 0.2) is 48.5 Å².